The van der Waals surface area contributed by atoms with Gasteiger partial charge in [-0.3, -0.25) is 10.1 Å². The Bertz CT molecular complexity index is 1220. The lowest BCUT2D eigenvalue weighted by Crippen LogP contribution is -2.34. The van der Waals surface area contributed by atoms with E-state index in [9.17, 15) is 4.79 Å². The van der Waals surface area contributed by atoms with Crippen molar-refractivity contribution in [1.29, 1.82) is 0 Å². The molecule has 0 aliphatic heterocycles. The SMILES string of the molecule is COc1ccc(C)cc1NC(=O)[C@@H](N[C@H](C)c1ccc2ccccc2c1)c1ccccc1. The van der Waals surface area contributed by atoms with Crippen LogP contribution in [0, 0.1) is 6.92 Å². The van der Waals surface area contributed by atoms with E-state index >= 15 is 0 Å². The minimum Gasteiger partial charge on any atom is -0.495 e. The van der Waals surface area contributed by atoms with Gasteiger partial charge in [0.05, 0.1) is 12.8 Å². The molecule has 0 saturated heterocycles. The van der Waals surface area contributed by atoms with Crippen LogP contribution in [0.3, 0.4) is 0 Å². The molecule has 0 spiro atoms. The number of aryl methyl sites for hydroxylation is 1. The number of fused-ring (bicyclic) bond motifs is 1. The second-order valence-corrected chi connectivity index (χ2v) is 8.03. The predicted molar refractivity (Wildman–Crippen MR) is 131 cm³/mol. The zero-order chi connectivity index (χ0) is 22.5. The number of carbonyl (C=O) groups excluding carboxylic acids is 1. The second-order valence-electron chi connectivity index (χ2n) is 8.03. The first-order valence-electron chi connectivity index (χ1n) is 10.8. The van der Waals surface area contributed by atoms with E-state index in [1.54, 1.807) is 7.11 Å². The first kappa shape index (κ1) is 21.6. The summed E-state index contributed by atoms with van der Waals surface area (Å²) in [5.41, 5.74) is 3.75. The third kappa shape index (κ3) is 4.82. The minimum absolute atomic E-state index is 0.0324. The monoisotopic (exact) mass is 424 g/mol. The number of ether oxygens (including phenoxy) is 1. The van der Waals surface area contributed by atoms with Crippen molar-refractivity contribution in [2.75, 3.05) is 12.4 Å². The molecule has 162 valence electrons. The molecule has 0 fully saturated rings. The number of nitrogens with one attached hydrogen (secondary N) is 2. The fraction of sp³-hybridized carbons (Fsp3) is 0.179. The van der Waals surface area contributed by atoms with Crippen LogP contribution in [0.5, 0.6) is 5.75 Å². The average Bonchev–Trinajstić information content (AvgIpc) is 2.82. The number of hydrogen-bond acceptors (Lipinski definition) is 3. The molecule has 0 radical (unpaired) electrons. The third-order valence-corrected chi connectivity index (χ3v) is 5.70. The molecule has 32 heavy (non-hydrogen) atoms. The van der Waals surface area contributed by atoms with Crippen LogP contribution >= 0.6 is 0 Å². The molecule has 1 amide bonds. The summed E-state index contributed by atoms with van der Waals surface area (Å²) in [7, 11) is 1.61. The van der Waals surface area contributed by atoms with Gasteiger partial charge in [-0.25, -0.2) is 0 Å². The summed E-state index contributed by atoms with van der Waals surface area (Å²) < 4.78 is 5.44. The van der Waals surface area contributed by atoms with Crippen LogP contribution in [0.4, 0.5) is 5.69 Å². The Kier molecular flexibility index (Phi) is 6.52. The molecule has 4 aromatic carbocycles. The summed E-state index contributed by atoms with van der Waals surface area (Å²) in [6.07, 6.45) is 0. The van der Waals surface area contributed by atoms with Gasteiger partial charge in [0.1, 0.15) is 11.8 Å². The molecular formula is C28H28N2O2. The number of carbonyl (C=O) groups is 1. The van der Waals surface area contributed by atoms with Gasteiger partial charge in [0.15, 0.2) is 0 Å². The highest BCUT2D eigenvalue weighted by Crippen LogP contribution is 2.28. The highest BCUT2D eigenvalue weighted by atomic mass is 16.5. The maximum atomic E-state index is 13.4. The van der Waals surface area contributed by atoms with Gasteiger partial charge in [0.25, 0.3) is 0 Å². The van der Waals surface area contributed by atoms with Gasteiger partial charge < -0.3 is 10.1 Å². The van der Waals surface area contributed by atoms with Crippen LogP contribution in [-0.4, -0.2) is 13.0 Å². The molecule has 2 N–H and O–H groups in total. The summed E-state index contributed by atoms with van der Waals surface area (Å²) in [6.45, 7) is 4.07. The van der Waals surface area contributed by atoms with Crippen molar-refractivity contribution in [2.45, 2.75) is 25.9 Å². The summed E-state index contributed by atoms with van der Waals surface area (Å²) in [4.78, 5) is 13.4. The van der Waals surface area contributed by atoms with Crippen LogP contribution in [0.25, 0.3) is 10.8 Å². The number of amides is 1. The summed E-state index contributed by atoms with van der Waals surface area (Å²) in [6, 6.07) is 29.7. The number of anilines is 1. The Labute approximate surface area is 189 Å². The fourth-order valence-electron chi connectivity index (χ4n) is 3.92. The van der Waals surface area contributed by atoms with Gasteiger partial charge in [0.2, 0.25) is 5.91 Å². The van der Waals surface area contributed by atoms with E-state index in [1.165, 1.54) is 10.8 Å². The van der Waals surface area contributed by atoms with Crippen LogP contribution < -0.4 is 15.4 Å². The van der Waals surface area contributed by atoms with Crippen molar-refractivity contribution in [2.24, 2.45) is 0 Å². The molecule has 2 atom stereocenters. The van der Waals surface area contributed by atoms with Crippen molar-refractivity contribution >= 4 is 22.4 Å². The van der Waals surface area contributed by atoms with E-state index in [2.05, 4.69) is 47.9 Å². The summed E-state index contributed by atoms with van der Waals surface area (Å²) in [5, 5.41) is 8.98. The van der Waals surface area contributed by atoms with Crippen LogP contribution in [0.2, 0.25) is 0 Å². The standard InChI is InChI=1S/C28H28N2O2/c1-19-13-16-26(32-3)25(17-19)30-28(31)27(22-10-5-4-6-11-22)29-20(2)23-15-14-21-9-7-8-12-24(21)18-23/h4-18,20,27,29H,1-3H3,(H,30,31)/t20-,27+/m1/s1. The van der Waals surface area contributed by atoms with E-state index in [0.717, 1.165) is 16.7 Å². The van der Waals surface area contributed by atoms with Gasteiger partial charge in [-0.05, 0) is 59.5 Å². The number of benzene rings is 4. The number of hydrogen-bond donors (Lipinski definition) is 2. The average molecular weight is 425 g/mol. The maximum Gasteiger partial charge on any atom is 0.246 e. The van der Waals surface area contributed by atoms with Crippen LogP contribution in [0.1, 0.15) is 35.7 Å². The lowest BCUT2D eigenvalue weighted by Gasteiger charge is -2.24. The molecule has 4 heteroatoms. The van der Waals surface area contributed by atoms with Gasteiger partial charge in [-0.2, -0.15) is 0 Å². The quantitative estimate of drug-likeness (QED) is 0.372. The fourth-order valence-corrected chi connectivity index (χ4v) is 3.92. The Morgan fingerprint density at radius 1 is 0.812 bits per heavy atom. The third-order valence-electron chi connectivity index (χ3n) is 5.70. The molecule has 0 aliphatic carbocycles. The zero-order valence-corrected chi connectivity index (χ0v) is 18.6. The van der Waals surface area contributed by atoms with Gasteiger partial charge in [-0.15, -0.1) is 0 Å². The van der Waals surface area contributed by atoms with E-state index in [0.29, 0.717) is 11.4 Å². The largest absolute Gasteiger partial charge is 0.495 e. The summed E-state index contributed by atoms with van der Waals surface area (Å²) in [5.74, 6) is 0.506. The van der Waals surface area contributed by atoms with E-state index in [4.69, 9.17) is 4.74 Å². The predicted octanol–water partition coefficient (Wildman–Crippen LogP) is 6.19. The minimum atomic E-state index is -0.525. The van der Waals surface area contributed by atoms with Crippen molar-refractivity contribution in [3.63, 3.8) is 0 Å². The van der Waals surface area contributed by atoms with E-state index < -0.39 is 6.04 Å². The van der Waals surface area contributed by atoms with Gasteiger partial charge in [0, 0.05) is 6.04 Å². The lowest BCUT2D eigenvalue weighted by molar-refractivity contribution is -0.118. The first-order valence-corrected chi connectivity index (χ1v) is 10.8. The van der Waals surface area contributed by atoms with E-state index in [-0.39, 0.29) is 11.9 Å². The Balaban J connectivity index is 1.62. The highest BCUT2D eigenvalue weighted by molar-refractivity contribution is 5.97. The van der Waals surface area contributed by atoms with Gasteiger partial charge >= 0.3 is 0 Å². The molecule has 0 aromatic heterocycles. The molecule has 0 heterocycles. The first-order chi connectivity index (χ1) is 15.5. The molecule has 0 unspecified atom stereocenters. The van der Waals surface area contributed by atoms with Crippen LogP contribution in [0.15, 0.2) is 91.0 Å². The Hall–Kier alpha value is -3.63. The van der Waals surface area contributed by atoms with E-state index in [1.807, 2.05) is 67.6 Å². The zero-order valence-electron chi connectivity index (χ0n) is 18.6. The van der Waals surface area contributed by atoms with Crippen molar-refractivity contribution in [3.8, 4) is 5.75 Å². The Morgan fingerprint density at radius 2 is 1.53 bits per heavy atom. The normalized spacial score (nSPS) is 12.8. The number of rotatable bonds is 7. The molecule has 0 bridgehead atoms. The van der Waals surface area contributed by atoms with Crippen LogP contribution in [-0.2, 0) is 4.79 Å². The molecule has 4 nitrogen and oxygen atoms in total. The smallest absolute Gasteiger partial charge is 0.246 e. The van der Waals surface area contributed by atoms with Crippen molar-refractivity contribution < 1.29 is 9.53 Å². The maximum absolute atomic E-state index is 13.4. The second kappa shape index (κ2) is 9.67. The van der Waals surface area contributed by atoms with Crippen molar-refractivity contribution in [1.82, 2.24) is 5.32 Å². The molecule has 4 aromatic rings. The Morgan fingerprint density at radius 3 is 2.28 bits per heavy atom. The topological polar surface area (TPSA) is 50.4 Å². The van der Waals surface area contributed by atoms with Gasteiger partial charge in [-0.1, -0.05) is 72.8 Å². The van der Waals surface area contributed by atoms with Crippen molar-refractivity contribution in [3.05, 3.63) is 108 Å². The molecule has 4 rings (SSSR count). The molecule has 0 saturated carbocycles. The highest BCUT2D eigenvalue weighted by Gasteiger charge is 2.24. The summed E-state index contributed by atoms with van der Waals surface area (Å²) >= 11 is 0. The lowest BCUT2D eigenvalue weighted by atomic mass is 10.00. The molecular weight excluding hydrogens is 396 g/mol. The number of methoxy groups -OCH3 is 1. The molecule has 0 aliphatic rings.